The molecule has 0 spiro atoms. The zero-order chi connectivity index (χ0) is 15.2. The van der Waals surface area contributed by atoms with E-state index in [0.717, 1.165) is 6.07 Å². The van der Waals surface area contributed by atoms with Gasteiger partial charge < -0.3 is 10.2 Å². The van der Waals surface area contributed by atoms with Crippen molar-refractivity contribution in [3.8, 4) is 0 Å². The first kappa shape index (κ1) is 17.2. The molecule has 0 saturated carbocycles. The number of fused-ring (bicyclic) bond motifs is 1. The molecule has 1 N–H and O–H groups in total. The molecule has 2 aliphatic heterocycles. The van der Waals surface area contributed by atoms with Crippen LogP contribution >= 0.6 is 24.0 Å². The molecule has 0 aliphatic carbocycles. The highest BCUT2D eigenvalue weighted by Crippen LogP contribution is 2.39. The molecule has 2 heterocycles. The van der Waals surface area contributed by atoms with Gasteiger partial charge in [0.25, 0.3) is 0 Å². The largest absolute Gasteiger partial charge is 0.418 e. The summed E-state index contributed by atoms with van der Waals surface area (Å²) in [6, 6.07) is 3.02. The second kappa shape index (κ2) is 6.14. The smallest absolute Gasteiger partial charge is 0.317 e. The molecule has 3 rings (SSSR count). The number of rotatable bonds is 1. The van der Waals surface area contributed by atoms with Gasteiger partial charge in [0.1, 0.15) is 0 Å². The number of urea groups is 1. The molecule has 122 valence electrons. The number of carbonyl (C=O) groups is 1. The lowest BCUT2D eigenvalue weighted by Crippen LogP contribution is -2.49. The first-order valence-corrected chi connectivity index (χ1v) is 6.91. The number of nitrogens with zero attached hydrogens (tertiary/aromatic N) is 2. The van der Waals surface area contributed by atoms with Crippen LogP contribution in [0.3, 0.4) is 0 Å². The number of amides is 2. The van der Waals surface area contributed by atoms with Gasteiger partial charge in [-0.2, -0.15) is 13.2 Å². The molecular weight excluding hydrogens is 342 g/mol. The summed E-state index contributed by atoms with van der Waals surface area (Å²) >= 11 is 5.66. The maximum absolute atomic E-state index is 13.2. The van der Waals surface area contributed by atoms with Crippen LogP contribution in [0.25, 0.3) is 0 Å². The summed E-state index contributed by atoms with van der Waals surface area (Å²) < 4.78 is 39.5. The van der Waals surface area contributed by atoms with Crippen LogP contribution in [-0.4, -0.2) is 43.2 Å². The minimum Gasteiger partial charge on any atom is -0.317 e. The van der Waals surface area contributed by atoms with Crippen LogP contribution in [0.15, 0.2) is 18.2 Å². The zero-order valence-corrected chi connectivity index (χ0v) is 12.9. The molecule has 2 aliphatic rings. The lowest BCUT2D eigenvalue weighted by molar-refractivity contribution is -0.137. The summed E-state index contributed by atoms with van der Waals surface area (Å²) in [7, 11) is 0. The number of piperazine rings is 1. The molecular formula is C13H14Cl2F3N3O. The van der Waals surface area contributed by atoms with Crippen molar-refractivity contribution in [1.29, 1.82) is 0 Å². The quantitative estimate of drug-likeness (QED) is 0.840. The predicted molar refractivity (Wildman–Crippen MR) is 79.8 cm³/mol. The summed E-state index contributed by atoms with van der Waals surface area (Å²) in [5, 5.41) is 3.14. The second-order valence-electron chi connectivity index (χ2n) is 5.10. The van der Waals surface area contributed by atoms with Crippen molar-refractivity contribution in [3.63, 3.8) is 0 Å². The van der Waals surface area contributed by atoms with Gasteiger partial charge in [-0.25, -0.2) is 4.79 Å². The molecule has 1 aromatic carbocycles. The van der Waals surface area contributed by atoms with Crippen molar-refractivity contribution in [2.45, 2.75) is 12.2 Å². The Labute approximate surface area is 136 Å². The first-order valence-electron chi connectivity index (χ1n) is 6.53. The molecule has 4 nitrogen and oxygen atoms in total. The Morgan fingerprint density at radius 2 is 2.05 bits per heavy atom. The van der Waals surface area contributed by atoms with E-state index in [1.54, 1.807) is 4.90 Å². The van der Waals surface area contributed by atoms with Gasteiger partial charge in [0.2, 0.25) is 0 Å². The molecule has 0 aromatic heterocycles. The van der Waals surface area contributed by atoms with E-state index in [2.05, 4.69) is 5.32 Å². The Kier molecular flexibility index (Phi) is 4.79. The molecule has 1 atom stereocenters. The third kappa shape index (κ3) is 2.98. The van der Waals surface area contributed by atoms with E-state index >= 15 is 0 Å². The van der Waals surface area contributed by atoms with Gasteiger partial charge in [-0.05, 0) is 18.2 Å². The molecule has 1 aromatic rings. The van der Waals surface area contributed by atoms with E-state index in [-0.39, 0.29) is 41.7 Å². The van der Waals surface area contributed by atoms with E-state index in [0.29, 0.717) is 19.6 Å². The fraction of sp³-hybridized carbons (Fsp3) is 0.462. The second-order valence-corrected chi connectivity index (χ2v) is 5.54. The number of carbonyl (C=O) groups excluding carboxylic acids is 1. The summed E-state index contributed by atoms with van der Waals surface area (Å²) in [6.45, 7) is 2.01. The Balaban J connectivity index is 0.00000176. The van der Waals surface area contributed by atoms with E-state index in [1.807, 2.05) is 0 Å². The highest BCUT2D eigenvalue weighted by molar-refractivity contribution is 6.30. The lowest BCUT2D eigenvalue weighted by atomic mass is 10.1. The van der Waals surface area contributed by atoms with E-state index in [4.69, 9.17) is 11.6 Å². The highest BCUT2D eigenvalue weighted by Gasteiger charge is 2.43. The number of nitrogens with one attached hydrogen (secondary N) is 1. The normalized spacial score (nSPS) is 21.6. The first-order chi connectivity index (χ1) is 9.88. The van der Waals surface area contributed by atoms with Crippen LogP contribution in [0.4, 0.5) is 23.7 Å². The van der Waals surface area contributed by atoms with Crippen molar-refractivity contribution in [3.05, 3.63) is 28.8 Å². The number of alkyl halides is 3. The highest BCUT2D eigenvalue weighted by atomic mass is 35.5. The van der Waals surface area contributed by atoms with Crippen LogP contribution < -0.4 is 10.2 Å². The van der Waals surface area contributed by atoms with Gasteiger partial charge >= 0.3 is 12.2 Å². The predicted octanol–water partition coefficient (Wildman–Crippen LogP) is 2.99. The third-order valence-electron chi connectivity index (χ3n) is 3.77. The maximum atomic E-state index is 13.2. The van der Waals surface area contributed by atoms with Crippen LogP contribution in [0.2, 0.25) is 5.02 Å². The van der Waals surface area contributed by atoms with E-state index in [1.165, 1.54) is 17.0 Å². The van der Waals surface area contributed by atoms with Crippen molar-refractivity contribution in [2.75, 3.05) is 31.1 Å². The third-order valence-corrected chi connectivity index (χ3v) is 4.01. The Morgan fingerprint density at radius 3 is 2.68 bits per heavy atom. The van der Waals surface area contributed by atoms with Crippen molar-refractivity contribution < 1.29 is 18.0 Å². The molecule has 0 bridgehead atoms. The summed E-state index contributed by atoms with van der Waals surface area (Å²) in [6.07, 6.45) is -4.55. The number of anilines is 1. The topological polar surface area (TPSA) is 35.6 Å². The van der Waals surface area contributed by atoms with Crippen molar-refractivity contribution in [1.82, 2.24) is 10.2 Å². The van der Waals surface area contributed by atoms with Gasteiger partial charge in [-0.3, -0.25) is 4.90 Å². The van der Waals surface area contributed by atoms with Gasteiger partial charge in [0.15, 0.2) is 0 Å². The summed E-state index contributed by atoms with van der Waals surface area (Å²) in [5.41, 5.74) is -1.01. The molecule has 0 radical (unpaired) electrons. The van der Waals surface area contributed by atoms with Crippen LogP contribution in [0.1, 0.15) is 5.56 Å². The summed E-state index contributed by atoms with van der Waals surface area (Å²) in [5.74, 6) is 0. The lowest BCUT2D eigenvalue weighted by Gasteiger charge is -2.28. The van der Waals surface area contributed by atoms with Gasteiger partial charge in [0, 0.05) is 31.2 Å². The minimum absolute atomic E-state index is 0. The SMILES string of the molecule is Cl.O=C1N(c2ccc(Cl)cc2C(F)(F)F)CC2CNCCN12. The zero-order valence-electron chi connectivity index (χ0n) is 11.4. The molecule has 2 saturated heterocycles. The average molecular weight is 356 g/mol. The molecule has 1 unspecified atom stereocenters. The minimum atomic E-state index is -4.55. The molecule has 9 heteroatoms. The van der Waals surface area contributed by atoms with Gasteiger partial charge in [-0.15, -0.1) is 12.4 Å². The Hall–Kier alpha value is -1.18. The van der Waals surface area contributed by atoms with E-state index < -0.39 is 11.7 Å². The fourth-order valence-corrected chi connectivity index (χ4v) is 2.96. The van der Waals surface area contributed by atoms with E-state index in [9.17, 15) is 18.0 Å². The standard InChI is InChI=1S/C13H13ClF3N3O.ClH/c14-8-1-2-11(10(5-8)13(15,16)17)20-7-9-6-18-3-4-19(9)12(20)21;/h1-2,5,9,18H,3-4,6-7H2;1H. The van der Waals surface area contributed by atoms with Gasteiger partial charge in [0.05, 0.1) is 17.3 Å². The van der Waals surface area contributed by atoms with Crippen molar-refractivity contribution in [2.24, 2.45) is 0 Å². The number of benzene rings is 1. The molecule has 2 fully saturated rings. The van der Waals surface area contributed by atoms with Crippen LogP contribution in [-0.2, 0) is 6.18 Å². The fourth-order valence-electron chi connectivity index (χ4n) is 2.79. The monoisotopic (exact) mass is 355 g/mol. The van der Waals surface area contributed by atoms with Gasteiger partial charge in [-0.1, -0.05) is 11.6 Å². The Bertz CT molecular complexity index is 582. The maximum Gasteiger partial charge on any atom is 0.418 e. The van der Waals surface area contributed by atoms with Crippen molar-refractivity contribution >= 4 is 35.7 Å². The summed E-state index contributed by atoms with van der Waals surface area (Å²) in [4.78, 5) is 15.1. The Morgan fingerprint density at radius 1 is 1.32 bits per heavy atom. The average Bonchev–Trinajstić information content (AvgIpc) is 2.76. The number of halogens is 5. The number of hydrogen-bond donors (Lipinski definition) is 1. The molecule has 2 amide bonds. The van der Waals surface area contributed by atoms with Crippen LogP contribution in [0.5, 0.6) is 0 Å². The van der Waals surface area contributed by atoms with Crippen LogP contribution in [0, 0.1) is 0 Å². The number of hydrogen-bond acceptors (Lipinski definition) is 2. The molecule has 22 heavy (non-hydrogen) atoms.